The first-order valence-electron chi connectivity index (χ1n) is 11.3. The predicted molar refractivity (Wildman–Crippen MR) is 128 cm³/mol. The Bertz CT molecular complexity index is 1120. The van der Waals surface area contributed by atoms with Gasteiger partial charge in [0.1, 0.15) is 0 Å². The van der Waals surface area contributed by atoms with Crippen LogP contribution in [0.5, 0.6) is 5.88 Å². The molecule has 32 heavy (non-hydrogen) atoms. The molecule has 0 radical (unpaired) electrons. The van der Waals surface area contributed by atoms with Crippen molar-refractivity contribution in [3.63, 3.8) is 0 Å². The van der Waals surface area contributed by atoms with Crippen molar-refractivity contribution in [1.82, 2.24) is 9.88 Å². The average molecular weight is 434 g/mol. The van der Waals surface area contributed by atoms with E-state index in [0.717, 1.165) is 28.8 Å². The zero-order valence-corrected chi connectivity index (χ0v) is 19.0. The molecule has 2 aromatic carbocycles. The summed E-state index contributed by atoms with van der Waals surface area (Å²) in [5.41, 5.74) is 4.70. The number of benzene rings is 2. The van der Waals surface area contributed by atoms with Crippen LogP contribution in [0.3, 0.4) is 0 Å². The van der Waals surface area contributed by atoms with Crippen LogP contribution in [-0.4, -0.2) is 46.9 Å². The molecular weight excluding hydrogens is 402 g/mol. The standard InChI is InChI=1S/C26H31N3O3/c1-17(2)24(23-21-15-19(26(31)32-3)9-12-22(21)28-25(23)30)27-20-10-7-18(8-11-20)16-29-13-5-4-6-14-29/h7-12,15,17,28,30H,4-6,13-14,16H2,1-3H3. The van der Waals surface area contributed by atoms with Gasteiger partial charge in [0.2, 0.25) is 0 Å². The fraction of sp³-hybridized carbons (Fsp3) is 0.385. The number of aliphatic imine (C=N–C) groups is 1. The lowest BCUT2D eigenvalue weighted by Gasteiger charge is -2.26. The molecule has 4 rings (SSSR count). The van der Waals surface area contributed by atoms with Gasteiger partial charge in [0.05, 0.1) is 29.6 Å². The number of nitrogens with zero attached hydrogens (tertiary/aromatic N) is 2. The second-order valence-corrected chi connectivity index (χ2v) is 8.76. The maximum atomic E-state index is 12.0. The molecule has 0 unspecified atom stereocenters. The first kappa shape index (κ1) is 22.1. The second-order valence-electron chi connectivity index (χ2n) is 8.76. The summed E-state index contributed by atoms with van der Waals surface area (Å²) in [6, 6.07) is 13.5. The maximum Gasteiger partial charge on any atom is 0.337 e. The second kappa shape index (κ2) is 9.57. The number of hydrogen-bond acceptors (Lipinski definition) is 5. The molecule has 1 fully saturated rings. The van der Waals surface area contributed by atoms with Crippen molar-refractivity contribution < 1.29 is 14.6 Å². The number of piperidine rings is 1. The van der Waals surface area contributed by atoms with Gasteiger partial charge in [0.25, 0.3) is 0 Å². The van der Waals surface area contributed by atoms with E-state index in [2.05, 4.69) is 22.0 Å². The summed E-state index contributed by atoms with van der Waals surface area (Å²) < 4.78 is 4.86. The van der Waals surface area contributed by atoms with Crippen LogP contribution in [0, 0.1) is 5.92 Å². The van der Waals surface area contributed by atoms with Gasteiger partial charge >= 0.3 is 5.97 Å². The average Bonchev–Trinajstić information content (AvgIpc) is 3.13. The number of aromatic nitrogens is 1. The number of nitrogens with one attached hydrogen (secondary N) is 1. The van der Waals surface area contributed by atoms with Crippen LogP contribution in [-0.2, 0) is 11.3 Å². The number of ether oxygens (including phenoxy) is 1. The van der Waals surface area contributed by atoms with Crippen molar-refractivity contribution in [3.05, 3.63) is 59.2 Å². The van der Waals surface area contributed by atoms with Crippen molar-refractivity contribution in [2.75, 3.05) is 20.2 Å². The SMILES string of the molecule is COC(=O)c1ccc2[nH]c(O)c(C(=Nc3ccc(CN4CCCCC4)cc3)C(C)C)c2c1. The van der Waals surface area contributed by atoms with E-state index in [4.69, 9.17) is 9.73 Å². The highest BCUT2D eigenvalue weighted by molar-refractivity contribution is 6.15. The van der Waals surface area contributed by atoms with Gasteiger partial charge in [-0.05, 0) is 67.7 Å². The molecule has 3 aromatic rings. The number of carbonyl (C=O) groups excluding carboxylic acids is 1. The molecule has 1 aliphatic rings. The van der Waals surface area contributed by atoms with Crippen LogP contribution in [0.1, 0.15) is 54.6 Å². The summed E-state index contributed by atoms with van der Waals surface area (Å²) in [4.78, 5) is 22.4. The zero-order chi connectivity index (χ0) is 22.7. The lowest BCUT2D eigenvalue weighted by molar-refractivity contribution is 0.0601. The lowest BCUT2D eigenvalue weighted by atomic mass is 9.97. The normalized spacial score (nSPS) is 15.4. The fourth-order valence-electron chi connectivity index (χ4n) is 4.35. The van der Waals surface area contributed by atoms with Gasteiger partial charge in [0.15, 0.2) is 5.88 Å². The molecule has 1 aromatic heterocycles. The van der Waals surface area contributed by atoms with E-state index in [1.165, 1.54) is 45.0 Å². The number of hydrogen-bond donors (Lipinski definition) is 2. The van der Waals surface area contributed by atoms with Crippen LogP contribution in [0.25, 0.3) is 10.9 Å². The van der Waals surface area contributed by atoms with E-state index in [0.29, 0.717) is 11.1 Å². The lowest BCUT2D eigenvalue weighted by Crippen LogP contribution is -2.28. The monoisotopic (exact) mass is 433 g/mol. The van der Waals surface area contributed by atoms with Gasteiger partial charge in [-0.1, -0.05) is 32.4 Å². The zero-order valence-electron chi connectivity index (χ0n) is 19.0. The van der Waals surface area contributed by atoms with Crippen molar-refractivity contribution in [3.8, 4) is 5.88 Å². The molecule has 0 spiro atoms. The van der Waals surface area contributed by atoms with E-state index >= 15 is 0 Å². The predicted octanol–water partition coefficient (Wildman–Crippen LogP) is 5.42. The molecule has 0 bridgehead atoms. The van der Waals surface area contributed by atoms with Gasteiger partial charge in [-0.25, -0.2) is 4.79 Å². The summed E-state index contributed by atoms with van der Waals surface area (Å²) in [5.74, 6) is -0.295. The van der Waals surface area contributed by atoms with Crippen molar-refractivity contribution in [2.24, 2.45) is 10.9 Å². The number of aromatic amines is 1. The van der Waals surface area contributed by atoms with E-state index < -0.39 is 5.97 Å². The molecule has 168 valence electrons. The number of H-pyrrole nitrogens is 1. The Hall–Kier alpha value is -3.12. The number of methoxy groups -OCH3 is 1. The quantitative estimate of drug-likeness (QED) is 0.402. The highest BCUT2D eigenvalue weighted by Crippen LogP contribution is 2.32. The minimum atomic E-state index is -0.411. The summed E-state index contributed by atoms with van der Waals surface area (Å²) >= 11 is 0. The molecule has 1 saturated heterocycles. The third-order valence-electron chi connectivity index (χ3n) is 6.04. The van der Waals surface area contributed by atoms with Crippen LogP contribution >= 0.6 is 0 Å². The number of fused-ring (bicyclic) bond motifs is 1. The Labute approximate surface area is 188 Å². The van der Waals surface area contributed by atoms with Crippen molar-refractivity contribution >= 4 is 28.3 Å². The molecule has 0 saturated carbocycles. The van der Waals surface area contributed by atoms with Crippen LogP contribution in [0.15, 0.2) is 47.5 Å². The molecule has 6 nitrogen and oxygen atoms in total. The summed E-state index contributed by atoms with van der Waals surface area (Å²) in [5, 5.41) is 11.4. The van der Waals surface area contributed by atoms with E-state index in [1.54, 1.807) is 18.2 Å². The topological polar surface area (TPSA) is 77.9 Å². The van der Waals surface area contributed by atoms with Crippen molar-refractivity contribution in [2.45, 2.75) is 39.7 Å². The number of esters is 1. The highest BCUT2D eigenvalue weighted by atomic mass is 16.5. The number of likely N-dealkylation sites (tertiary alicyclic amines) is 1. The van der Waals surface area contributed by atoms with Crippen LogP contribution in [0.2, 0.25) is 0 Å². The first-order chi connectivity index (χ1) is 15.5. The largest absolute Gasteiger partial charge is 0.494 e. The third kappa shape index (κ3) is 4.70. The minimum Gasteiger partial charge on any atom is -0.494 e. The van der Waals surface area contributed by atoms with Crippen molar-refractivity contribution in [1.29, 1.82) is 0 Å². The molecule has 0 amide bonds. The Morgan fingerprint density at radius 1 is 1.12 bits per heavy atom. The van der Waals surface area contributed by atoms with Gasteiger partial charge in [-0.3, -0.25) is 9.89 Å². The van der Waals surface area contributed by atoms with E-state index in [9.17, 15) is 9.90 Å². The Kier molecular flexibility index (Phi) is 6.61. The van der Waals surface area contributed by atoms with E-state index in [1.807, 2.05) is 26.0 Å². The Morgan fingerprint density at radius 2 is 1.84 bits per heavy atom. The van der Waals surface area contributed by atoms with Gasteiger partial charge in [-0.2, -0.15) is 0 Å². The van der Waals surface area contributed by atoms with E-state index in [-0.39, 0.29) is 11.8 Å². The van der Waals surface area contributed by atoms with Gasteiger partial charge < -0.3 is 14.8 Å². The maximum absolute atomic E-state index is 12.0. The number of carbonyl (C=O) groups is 1. The smallest absolute Gasteiger partial charge is 0.337 e. The van der Waals surface area contributed by atoms with Gasteiger partial charge in [-0.15, -0.1) is 0 Å². The fourth-order valence-corrected chi connectivity index (χ4v) is 4.35. The summed E-state index contributed by atoms with van der Waals surface area (Å²) in [6.07, 6.45) is 3.90. The molecule has 1 aliphatic heterocycles. The molecule has 0 aliphatic carbocycles. The Balaban J connectivity index is 1.67. The van der Waals surface area contributed by atoms with Crippen LogP contribution < -0.4 is 0 Å². The molecule has 6 heteroatoms. The molecule has 2 N–H and O–H groups in total. The first-order valence-corrected chi connectivity index (χ1v) is 11.3. The van der Waals surface area contributed by atoms with Gasteiger partial charge in [0, 0.05) is 17.4 Å². The molecular formula is C26H31N3O3. The number of aromatic hydroxyl groups is 1. The Morgan fingerprint density at radius 3 is 2.50 bits per heavy atom. The summed E-state index contributed by atoms with van der Waals surface area (Å²) in [7, 11) is 1.36. The third-order valence-corrected chi connectivity index (χ3v) is 6.04. The highest BCUT2D eigenvalue weighted by Gasteiger charge is 2.21. The number of rotatable bonds is 6. The molecule has 0 atom stereocenters. The minimum absolute atomic E-state index is 0.0520. The molecule has 2 heterocycles. The van der Waals surface area contributed by atoms with Crippen LogP contribution in [0.4, 0.5) is 5.69 Å². The summed E-state index contributed by atoms with van der Waals surface area (Å²) in [6.45, 7) is 7.41.